The lowest BCUT2D eigenvalue weighted by molar-refractivity contribution is -0.119. The van der Waals surface area contributed by atoms with Gasteiger partial charge in [0.25, 0.3) is 0 Å². The van der Waals surface area contributed by atoms with Gasteiger partial charge in [0.2, 0.25) is 5.91 Å². The molecule has 0 saturated heterocycles. The van der Waals surface area contributed by atoms with Crippen molar-refractivity contribution in [1.29, 1.82) is 0 Å². The average molecular weight is 464 g/mol. The van der Waals surface area contributed by atoms with Gasteiger partial charge in [0.1, 0.15) is 11.8 Å². The average Bonchev–Trinajstić information content (AvgIpc) is 2.83. The first-order valence-electron chi connectivity index (χ1n) is 11.1. The van der Waals surface area contributed by atoms with E-state index in [0.29, 0.717) is 30.6 Å². The number of fused-ring (bicyclic) bond motifs is 1. The van der Waals surface area contributed by atoms with Crippen LogP contribution in [0, 0.1) is 0 Å². The van der Waals surface area contributed by atoms with Crippen LogP contribution in [0.25, 0.3) is 10.9 Å². The number of methoxy groups -OCH3 is 1. The van der Waals surface area contributed by atoms with Crippen LogP contribution in [0.4, 0.5) is 16.2 Å². The van der Waals surface area contributed by atoms with Crippen molar-refractivity contribution in [3.63, 3.8) is 0 Å². The zero-order valence-corrected chi connectivity index (χ0v) is 19.3. The lowest BCUT2D eigenvalue weighted by atomic mass is 10.0. The van der Waals surface area contributed by atoms with E-state index in [-0.39, 0.29) is 18.3 Å². The van der Waals surface area contributed by atoms with Crippen LogP contribution in [0.1, 0.15) is 32.6 Å². The number of benzene rings is 2. The maximum absolute atomic E-state index is 13.4. The van der Waals surface area contributed by atoms with Crippen molar-refractivity contribution in [2.45, 2.75) is 44.8 Å². The van der Waals surface area contributed by atoms with Gasteiger partial charge in [-0.3, -0.25) is 14.7 Å². The van der Waals surface area contributed by atoms with Gasteiger partial charge in [-0.2, -0.15) is 0 Å². The molecule has 0 radical (unpaired) electrons. The molecule has 0 aliphatic rings. The number of carbonyl (C=O) groups excluding carboxylic acids is 2. The topological polar surface area (TPSA) is 109 Å². The first kappa shape index (κ1) is 24.9. The highest BCUT2D eigenvalue weighted by Crippen LogP contribution is 2.24. The van der Waals surface area contributed by atoms with Gasteiger partial charge in [-0.25, -0.2) is 4.79 Å². The van der Waals surface area contributed by atoms with E-state index in [9.17, 15) is 19.5 Å². The Morgan fingerprint density at radius 3 is 2.41 bits per heavy atom. The molecule has 1 heterocycles. The molecule has 8 nitrogen and oxygen atoms in total. The molecule has 3 rings (SSSR count). The lowest BCUT2D eigenvalue weighted by Crippen LogP contribution is -2.47. The van der Waals surface area contributed by atoms with Gasteiger partial charge in [0, 0.05) is 24.6 Å². The maximum Gasteiger partial charge on any atom is 0.412 e. The number of carbonyl (C=O) groups is 3. The van der Waals surface area contributed by atoms with Gasteiger partial charge in [0.05, 0.1) is 23.5 Å². The second kappa shape index (κ2) is 11.9. The number of hydrogen-bond donors (Lipinski definition) is 2. The number of pyridine rings is 1. The molecule has 3 aromatic rings. The summed E-state index contributed by atoms with van der Waals surface area (Å²) in [4.78, 5) is 42.5. The molecule has 2 N–H and O–H groups in total. The number of rotatable bonds is 11. The largest absolute Gasteiger partial charge is 0.465 e. The Morgan fingerprint density at radius 2 is 1.74 bits per heavy atom. The molecule has 1 unspecified atom stereocenters. The number of carboxylic acid groups (broad SMARTS) is 1. The van der Waals surface area contributed by atoms with E-state index in [0.717, 1.165) is 15.8 Å². The number of amides is 2. The summed E-state index contributed by atoms with van der Waals surface area (Å²) in [7, 11) is 1.55. The Labute approximate surface area is 198 Å². The summed E-state index contributed by atoms with van der Waals surface area (Å²) in [5, 5.41) is 13.7. The van der Waals surface area contributed by atoms with Crippen molar-refractivity contribution in [3.05, 3.63) is 66.9 Å². The van der Waals surface area contributed by atoms with E-state index in [1.54, 1.807) is 49.7 Å². The predicted octanol–water partition coefficient (Wildman–Crippen LogP) is 4.89. The van der Waals surface area contributed by atoms with Crippen LogP contribution in [-0.2, 0) is 14.3 Å². The zero-order valence-electron chi connectivity index (χ0n) is 19.3. The number of nitrogens with zero attached hydrogens (tertiary/aromatic N) is 2. The molecule has 2 atom stereocenters. The number of aromatic nitrogens is 1. The van der Waals surface area contributed by atoms with E-state index in [1.165, 1.54) is 6.92 Å². The molecular weight excluding hydrogens is 434 g/mol. The van der Waals surface area contributed by atoms with E-state index in [4.69, 9.17) is 4.74 Å². The van der Waals surface area contributed by atoms with E-state index >= 15 is 0 Å². The van der Waals surface area contributed by atoms with E-state index in [1.807, 2.05) is 24.3 Å². The fraction of sp³-hybridized carbons (Fsp3) is 0.308. The molecule has 0 bridgehead atoms. The summed E-state index contributed by atoms with van der Waals surface area (Å²) in [5.74, 6) is -0.415. The standard InChI is InChI=1S/C26H29N3O5/c1-18(30)12-13-22(34-2)14-15-24(29(26(32)33)21-9-4-3-5-10-21)25(31)28-20-16-19-8-6-7-11-23(19)27-17-20/h3-11,16-17,22,24H,12-15H2,1-2H3,(H,28,31)(H,32,33)/t22?,24-/m0/s1. The minimum Gasteiger partial charge on any atom is -0.465 e. The third-order valence-electron chi connectivity index (χ3n) is 5.63. The Hall–Kier alpha value is -3.78. The van der Waals surface area contributed by atoms with Crippen LogP contribution >= 0.6 is 0 Å². The smallest absolute Gasteiger partial charge is 0.412 e. The number of Topliss-reactive ketones (excluding diaryl/α,β-unsaturated/α-hetero) is 1. The van der Waals surface area contributed by atoms with Crippen LogP contribution in [0.15, 0.2) is 66.9 Å². The fourth-order valence-corrected chi connectivity index (χ4v) is 3.84. The maximum atomic E-state index is 13.4. The Bertz CT molecular complexity index is 1140. The lowest BCUT2D eigenvalue weighted by Gasteiger charge is -2.29. The van der Waals surface area contributed by atoms with Crippen LogP contribution in [0.5, 0.6) is 0 Å². The summed E-state index contributed by atoms with van der Waals surface area (Å²) < 4.78 is 5.48. The quantitative estimate of drug-likeness (QED) is 0.419. The predicted molar refractivity (Wildman–Crippen MR) is 131 cm³/mol. The van der Waals surface area contributed by atoms with Crippen molar-refractivity contribution in [1.82, 2.24) is 4.98 Å². The Balaban J connectivity index is 1.86. The number of ketones is 1. The van der Waals surface area contributed by atoms with Crippen LogP contribution in [-0.4, -0.2) is 47.1 Å². The van der Waals surface area contributed by atoms with Crippen molar-refractivity contribution in [3.8, 4) is 0 Å². The summed E-state index contributed by atoms with van der Waals surface area (Å²) in [6.45, 7) is 1.52. The van der Waals surface area contributed by atoms with Gasteiger partial charge in [-0.1, -0.05) is 36.4 Å². The van der Waals surface area contributed by atoms with Gasteiger partial charge in [-0.15, -0.1) is 0 Å². The second-order valence-corrected chi connectivity index (χ2v) is 8.09. The SMILES string of the molecule is COC(CCC(C)=O)CC[C@@H](C(=O)Nc1cnc2ccccc2c1)N(C(=O)O)c1ccccc1. The molecule has 0 saturated carbocycles. The summed E-state index contributed by atoms with van der Waals surface area (Å²) in [6, 6.07) is 16.8. The molecule has 0 aliphatic carbocycles. The van der Waals surface area contributed by atoms with Crippen LogP contribution < -0.4 is 10.2 Å². The van der Waals surface area contributed by atoms with Crippen LogP contribution in [0.2, 0.25) is 0 Å². The number of para-hydroxylation sites is 2. The van der Waals surface area contributed by atoms with Gasteiger partial charge < -0.3 is 20.0 Å². The molecule has 0 fully saturated rings. The summed E-state index contributed by atoms with van der Waals surface area (Å²) in [5.41, 5.74) is 1.67. The molecule has 34 heavy (non-hydrogen) atoms. The third kappa shape index (κ3) is 6.62. The molecular formula is C26H29N3O5. The molecule has 8 heteroatoms. The molecule has 0 spiro atoms. The van der Waals surface area contributed by atoms with E-state index < -0.39 is 18.0 Å². The zero-order chi connectivity index (χ0) is 24.5. The summed E-state index contributed by atoms with van der Waals surface area (Å²) in [6.07, 6.45) is 1.54. The number of nitrogens with one attached hydrogen (secondary N) is 1. The monoisotopic (exact) mass is 463 g/mol. The third-order valence-corrected chi connectivity index (χ3v) is 5.63. The second-order valence-electron chi connectivity index (χ2n) is 8.09. The molecule has 0 aliphatic heterocycles. The first-order valence-corrected chi connectivity index (χ1v) is 11.1. The van der Waals surface area contributed by atoms with Crippen LogP contribution in [0.3, 0.4) is 0 Å². The molecule has 178 valence electrons. The van der Waals surface area contributed by atoms with Crippen molar-refractivity contribution >= 4 is 40.1 Å². The van der Waals surface area contributed by atoms with Gasteiger partial charge >= 0.3 is 6.09 Å². The van der Waals surface area contributed by atoms with Gasteiger partial charge in [-0.05, 0) is 50.5 Å². The fourth-order valence-electron chi connectivity index (χ4n) is 3.84. The minimum atomic E-state index is -1.24. The van der Waals surface area contributed by atoms with Crippen molar-refractivity contribution < 1.29 is 24.2 Å². The van der Waals surface area contributed by atoms with Crippen molar-refractivity contribution in [2.24, 2.45) is 0 Å². The molecule has 2 amide bonds. The normalized spacial score (nSPS) is 12.6. The minimum absolute atomic E-state index is 0.0524. The van der Waals surface area contributed by atoms with Crippen molar-refractivity contribution in [2.75, 3.05) is 17.3 Å². The Morgan fingerprint density at radius 1 is 1.03 bits per heavy atom. The number of hydrogen-bond acceptors (Lipinski definition) is 5. The molecule has 1 aromatic heterocycles. The summed E-state index contributed by atoms with van der Waals surface area (Å²) >= 11 is 0. The highest BCUT2D eigenvalue weighted by Gasteiger charge is 2.32. The molecule has 2 aromatic carbocycles. The number of ether oxygens (including phenoxy) is 1. The Kier molecular flexibility index (Phi) is 8.70. The van der Waals surface area contributed by atoms with E-state index in [2.05, 4.69) is 10.3 Å². The first-order chi connectivity index (χ1) is 16.4. The number of anilines is 2. The highest BCUT2D eigenvalue weighted by molar-refractivity contribution is 6.03. The van der Waals surface area contributed by atoms with Gasteiger partial charge in [0.15, 0.2) is 0 Å². The highest BCUT2D eigenvalue weighted by atomic mass is 16.5.